The molecular weight excluding hydrogens is 374 g/mol. The number of likely N-dealkylation sites (tertiary alicyclic amines) is 1. The minimum Gasteiger partial charge on any atom is -0.481 e. The van der Waals surface area contributed by atoms with Gasteiger partial charge in [-0.3, -0.25) is 9.59 Å². The molecule has 3 heterocycles. The van der Waals surface area contributed by atoms with Gasteiger partial charge in [-0.25, -0.2) is 0 Å². The minimum atomic E-state index is -0.683. The molecule has 3 unspecified atom stereocenters. The number of ether oxygens (including phenoxy) is 2. The summed E-state index contributed by atoms with van der Waals surface area (Å²) >= 11 is 0. The second kappa shape index (κ2) is 9.88. The maximum absolute atomic E-state index is 12.5. The van der Waals surface area contributed by atoms with Gasteiger partial charge in [-0.15, -0.1) is 0 Å². The van der Waals surface area contributed by atoms with Crippen LogP contribution >= 0.6 is 0 Å². The number of piperidine rings is 1. The van der Waals surface area contributed by atoms with E-state index >= 15 is 0 Å². The van der Waals surface area contributed by atoms with E-state index in [2.05, 4.69) is 6.07 Å². The molecule has 1 saturated carbocycles. The normalized spacial score (nSPS) is 31.6. The molecule has 0 aromatic rings. The van der Waals surface area contributed by atoms with Crippen molar-refractivity contribution in [2.24, 2.45) is 29.4 Å². The van der Waals surface area contributed by atoms with Crippen LogP contribution in [0.3, 0.4) is 0 Å². The summed E-state index contributed by atoms with van der Waals surface area (Å²) in [6.07, 6.45) is 5.40. The van der Waals surface area contributed by atoms with Gasteiger partial charge in [0.05, 0.1) is 18.0 Å². The van der Waals surface area contributed by atoms with Crippen LogP contribution in [0.15, 0.2) is 0 Å². The van der Waals surface area contributed by atoms with E-state index in [1.807, 2.05) is 0 Å². The lowest BCUT2D eigenvalue weighted by Gasteiger charge is -2.31. The van der Waals surface area contributed by atoms with Gasteiger partial charge >= 0.3 is 5.97 Å². The number of carbonyl (C=O) groups excluding carboxylic acids is 1. The van der Waals surface area contributed by atoms with Crippen LogP contribution in [0.4, 0.5) is 0 Å². The lowest BCUT2D eigenvalue weighted by Crippen LogP contribution is -2.51. The predicted octanol–water partition coefficient (Wildman–Crippen LogP) is 1.39. The standard InChI is InChI=1S/C13H19N3O2.C8H14O3/c14-7-10-5-9-6-11(9)16(10)13(17)12(15)8-1-3-18-4-2-8;1-6(8(9)10)7-2-4-11-5-3-7/h8-12H,1-6,15H2;6-7H,2-5H2,1H3,(H,9,10)/t9-,10+,11?,12?;/m1./s1. The number of nitrogens with zero attached hydrogens (tertiary/aromatic N) is 2. The summed E-state index contributed by atoms with van der Waals surface area (Å²) in [6, 6.07) is 1.84. The first-order valence-corrected chi connectivity index (χ1v) is 10.8. The highest BCUT2D eigenvalue weighted by atomic mass is 16.5. The lowest BCUT2D eigenvalue weighted by molar-refractivity contribution is -0.144. The summed E-state index contributed by atoms with van der Waals surface area (Å²) in [7, 11) is 0. The molecule has 0 radical (unpaired) electrons. The number of nitriles is 1. The van der Waals surface area contributed by atoms with E-state index in [0.29, 0.717) is 31.1 Å². The van der Waals surface area contributed by atoms with Crippen molar-refractivity contribution in [3.8, 4) is 6.07 Å². The first kappa shape index (κ1) is 22.0. The van der Waals surface area contributed by atoms with Crippen LogP contribution in [0.5, 0.6) is 0 Å². The Balaban J connectivity index is 0.000000188. The molecule has 5 atom stereocenters. The molecule has 3 aliphatic heterocycles. The molecule has 0 aromatic heterocycles. The molecule has 0 spiro atoms. The molecule has 8 nitrogen and oxygen atoms in total. The molecule has 162 valence electrons. The number of carboxylic acids is 1. The smallest absolute Gasteiger partial charge is 0.306 e. The van der Waals surface area contributed by atoms with E-state index in [4.69, 9.17) is 25.6 Å². The predicted molar refractivity (Wildman–Crippen MR) is 105 cm³/mol. The van der Waals surface area contributed by atoms with Crippen molar-refractivity contribution < 1.29 is 24.2 Å². The van der Waals surface area contributed by atoms with Gasteiger partial charge in [-0.05, 0) is 56.3 Å². The molecule has 4 rings (SSSR count). The largest absolute Gasteiger partial charge is 0.481 e. The molecular formula is C21H33N3O5. The summed E-state index contributed by atoms with van der Waals surface area (Å²) in [5, 5.41) is 17.8. The van der Waals surface area contributed by atoms with Crippen molar-refractivity contribution >= 4 is 11.9 Å². The number of carboxylic acid groups (broad SMARTS) is 1. The molecule has 1 amide bonds. The van der Waals surface area contributed by atoms with Crippen LogP contribution in [0.1, 0.15) is 45.4 Å². The van der Waals surface area contributed by atoms with Crippen molar-refractivity contribution in [1.29, 1.82) is 5.26 Å². The third kappa shape index (κ3) is 5.27. The van der Waals surface area contributed by atoms with Gasteiger partial charge in [-0.1, -0.05) is 6.92 Å². The highest BCUT2D eigenvalue weighted by Gasteiger charge is 2.55. The van der Waals surface area contributed by atoms with Crippen LogP contribution < -0.4 is 5.73 Å². The zero-order chi connectivity index (χ0) is 21.0. The minimum absolute atomic E-state index is 0.0153. The number of aliphatic carboxylic acids is 1. The number of amides is 1. The van der Waals surface area contributed by atoms with Crippen molar-refractivity contribution in [3.63, 3.8) is 0 Å². The van der Waals surface area contributed by atoms with Gasteiger partial charge in [-0.2, -0.15) is 5.26 Å². The van der Waals surface area contributed by atoms with Crippen LogP contribution in [0.25, 0.3) is 0 Å². The Morgan fingerprint density at radius 1 is 1.07 bits per heavy atom. The SMILES string of the molecule is CC(C(=O)O)C1CCOCC1.N#C[C@@H]1C[C@@H]2CC2N1C(=O)C(N)C1CCOCC1. The lowest BCUT2D eigenvalue weighted by atomic mass is 9.87. The summed E-state index contributed by atoms with van der Waals surface area (Å²) in [5.74, 6) is 0.180. The highest BCUT2D eigenvalue weighted by molar-refractivity contribution is 5.83. The third-order valence-corrected chi connectivity index (χ3v) is 6.93. The summed E-state index contributed by atoms with van der Waals surface area (Å²) in [5.41, 5.74) is 6.11. The molecule has 3 N–H and O–H groups in total. The number of rotatable bonds is 4. The van der Waals surface area contributed by atoms with Crippen molar-refractivity contribution in [1.82, 2.24) is 4.90 Å². The number of carbonyl (C=O) groups is 2. The number of hydrogen-bond donors (Lipinski definition) is 2. The van der Waals surface area contributed by atoms with Gasteiger partial charge < -0.3 is 25.2 Å². The molecule has 8 heteroatoms. The van der Waals surface area contributed by atoms with Crippen molar-refractivity contribution in [2.45, 2.75) is 63.6 Å². The highest BCUT2D eigenvalue weighted by Crippen LogP contribution is 2.48. The van der Waals surface area contributed by atoms with Crippen LogP contribution in [0, 0.1) is 35.0 Å². The Kier molecular flexibility index (Phi) is 7.49. The van der Waals surface area contributed by atoms with Crippen LogP contribution in [-0.2, 0) is 19.1 Å². The molecule has 29 heavy (non-hydrogen) atoms. The molecule has 4 fully saturated rings. The van der Waals surface area contributed by atoms with E-state index in [1.165, 1.54) is 0 Å². The van der Waals surface area contributed by atoms with Crippen molar-refractivity contribution in [3.05, 3.63) is 0 Å². The fourth-order valence-corrected chi connectivity index (χ4v) is 4.76. The number of nitrogens with two attached hydrogens (primary N) is 1. The third-order valence-electron chi connectivity index (χ3n) is 6.93. The first-order valence-electron chi connectivity index (χ1n) is 10.8. The van der Waals surface area contributed by atoms with Gasteiger partial charge in [0.15, 0.2) is 0 Å². The van der Waals surface area contributed by atoms with Gasteiger partial charge in [0.25, 0.3) is 0 Å². The molecule has 1 aliphatic carbocycles. The Morgan fingerprint density at radius 2 is 1.62 bits per heavy atom. The number of fused-ring (bicyclic) bond motifs is 1. The molecule has 0 aromatic carbocycles. The number of hydrogen-bond acceptors (Lipinski definition) is 6. The monoisotopic (exact) mass is 407 g/mol. The van der Waals surface area contributed by atoms with E-state index in [0.717, 1.165) is 51.7 Å². The maximum Gasteiger partial charge on any atom is 0.306 e. The Labute approximate surface area is 172 Å². The topological polar surface area (TPSA) is 126 Å². The molecule has 0 bridgehead atoms. The quantitative estimate of drug-likeness (QED) is 0.721. The fraction of sp³-hybridized carbons (Fsp3) is 0.857. The van der Waals surface area contributed by atoms with E-state index in [1.54, 1.807) is 11.8 Å². The van der Waals surface area contributed by atoms with E-state index in [9.17, 15) is 9.59 Å². The zero-order valence-corrected chi connectivity index (χ0v) is 17.2. The Morgan fingerprint density at radius 3 is 2.14 bits per heavy atom. The van der Waals surface area contributed by atoms with Crippen molar-refractivity contribution in [2.75, 3.05) is 26.4 Å². The second-order valence-corrected chi connectivity index (χ2v) is 8.74. The van der Waals surface area contributed by atoms with E-state index < -0.39 is 12.0 Å². The van der Waals surface area contributed by atoms with Gasteiger partial charge in [0, 0.05) is 32.5 Å². The average Bonchev–Trinajstić information content (AvgIpc) is 3.43. The van der Waals surface area contributed by atoms with E-state index in [-0.39, 0.29) is 23.8 Å². The molecule has 4 aliphatic rings. The van der Waals surface area contributed by atoms with Gasteiger partial charge in [0.2, 0.25) is 5.91 Å². The summed E-state index contributed by atoms with van der Waals surface area (Å²) in [6.45, 7) is 4.61. The van der Waals surface area contributed by atoms with Crippen LogP contribution in [0.2, 0.25) is 0 Å². The van der Waals surface area contributed by atoms with Crippen LogP contribution in [-0.4, -0.2) is 66.4 Å². The maximum atomic E-state index is 12.5. The summed E-state index contributed by atoms with van der Waals surface area (Å²) < 4.78 is 10.4. The first-order chi connectivity index (χ1) is 13.9. The second-order valence-electron chi connectivity index (χ2n) is 8.74. The summed E-state index contributed by atoms with van der Waals surface area (Å²) in [4.78, 5) is 24.8. The average molecular weight is 408 g/mol. The fourth-order valence-electron chi connectivity index (χ4n) is 4.76. The molecule has 3 saturated heterocycles. The Hall–Kier alpha value is -1.69. The zero-order valence-electron chi connectivity index (χ0n) is 17.2. The Bertz CT molecular complexity index is 624. The van der Waals surface area contributed by atoms with Gasteiger partial charge in [0.1, 0.15) is 6.04 Å².